The molecule has 10 rings (SSSR count). The second kappa shape index (κ2) is 9.35. The number of benzene rings is 6. The second-order valence-corrected chi connectivity index (χ2v) is 12.0. The molecule has 2 atom stereocenters. The third-order valence-corrected chi connectivity index (χ3v) is 9.55. The lowest BCUT2D eigenvalue weighted by atomic mass is 9.89. The van der Waals surface area contributed by atoms with Crippen molar-refractivity contribution in [1.29, 1.82) is 0 Å². The topological polar surface area (TPSA) is 27.3 Å². The lowest BCUT2D eigenvalue weighted by Gasteiger charge is -2.14. The van der Waals surface area contributed by atoms with E-state index in [0.717, 1.165) is 44.4 Å². The van der Waals surface area contributed by atoms with Crippen LogP contribution in [0.4, 0.5) is 0 Å². The highest BCUT2D eigenvalue weighted by Gasteiger charge is 2.32. The van der Waals surface area contributed by atoms with E-state index in [9.17, 15) is 0 Å². The summed E-state index contributed by atoms with van der Waals surface area (Å²) in [5, 5.41) is 4.70. The lowest BCUT2D eigenvalue weighted by molar-refractivity contribution is 0.269. The van der Waals surface area contributed by atoms with Crippen LogP contribution in [0.5, 0.6) is 5.75 Å². The Labute approximate surface area is 259 Å². The molecular weight excluding hydrogens is 550 g/mol. The third kappa shape index (κ3) is 3.58. The lowest BCUT2D eigenvalue weighted by Crippen LogP contribution is -2.15. The Morgan fingerprint density at radius 2 is 1.36 bits per heavy atom. The van der Waals surface area contributed by atoms with Gasteiger partial charge in [-0.25, -0.2) is 0 Å². The van der Waals surface area contributed by atoms with Gasteiger partial charge in [0.15, 0.2) is 5.58 Å². The average molecular weight is 578 g/mol. The van der Waals surface area contributed by atoms with E-state index in [1.807, 2.05) is 0 Å². The van der Waals surface area contributed by atoms with Gasteiger partial charge in [0, 0.05) is 33.0 Å². The van der Waals surface area contributed by atoms with Gasteiger partial charge in [-0.05, 0) is 64.7 Å². The maximum absolute atomic E-state index is 6.79. The summed E-state index contributed by atoms with van der Waals surface area (Å²) in [5.74, 6) is 1.21. The summed E-state index contributed by atoms with van der Waals surface area (Å²) >= 11 is 0. The van der Waals surface area contributed by atoms with Crippen molar-refractivity contribution < 1.29 is 9.15 Å². The number of para-hydroxylation sites is 2. The molecule has 0 amide bonds. The zero-order valence-electron chi connectivity index (χ0n) is 24.4. The van der Waals surface area contributed by atoms with Crippen LogP contribution in [-0.4, -0.2) is 10.7 Å². The van der Waals surface area contributed by atoms with Crippen molar-refractivity contribution in [3.8, 4) is 33.7 Å². The van der Waals surface area contributed by atoms with Gasteiger partial charge in [0.2, 0.25) is 0 Å². The molecule has 0 bridgehead atoms. The fraction of sp³-hybridized carbons (Fsp3) is 0.0476. The first-order valence-electron chi connectivity index (χ1n) is 15.5. The number of nitrogens with zero attached hydrogens (tertiary/aromatic N) is 1. The minimum atomic E-state index is 0.0713. The van der Waals surface area contributed by atoms with Crippen molar-refractivity contribution in [2.45, 2.75) is 12.0 Å². The van der Waals surface area contributed by atoms with Gasteiger partial charge in [-0.2, -0.15) is 0 Å². The molecular formula is C42H27NO2. The van der Waals surface area contributed by atoms with Crippen LogP contribution < -0.4 is 4.74 Å². The van der Waals surface area contributed by atoms with Gasteiger partial charge in [-0.3, -0.25) is 0 Å². The van der Waals surface area contributed by atoms with Gasteiger partial charge in [-0.15, -0.1) is 0 Å². The Hall–Kier alpha value is -5.80. The number of aromatic nitrogens is 1. The molecule has 0 fully saturated rings. The van der Waals surface area contributed by atoms with Crippen molar-refractivity contribution >= 4 is 43.7 Å². The van der Waals surface area contributed by atoms with E-state index in [0.29, 0.717) is 0 Å². The molecule has 3 heteroatoms. The highest BCUT2D eigenvalue weighted by Crippen LogP contribution is 2.46. The van der Waals surface area contributed by atoms with E-state index >= 15 is 0 Å². The molecule has 1 aliphatic carbocycles. The van der Waals surface area contributed by atoms with Crippen LogP contribution in [0.1, 0.15) is 11.5 Å². The minimum Gasteiger partial charge on any atom is -0.485 e. The van der Waals surface area contributed by atoms with E-state index < -0.39 is 0 Å². The van der Waals surface area contributed by atoms with E-state index in [-0.39, 0.29) is 12.0 Å². The Morgan fingerprint density at radius 1 is 0.556 bits per heavy atom. The van der Waals surface area contributed by atoms with Crippen molar-refractivity contribution in [3.63, 3.8) is 0 Å². The van der Waals surface area contributed by atoms with Crippen LogP contribution in [0, 0.1) is 0 Å². The fourth-order valence-electron chi connectivity index (χ4n) is 7.50. The molecule has 0 saturated carbocycles. The molecule has 2 unspecified atom stereocenters. The molecule has 0 N–H and O–H groups in total. The summed E-state index contributed by atoms with van der Waals surface area (Å²) in [6, 6.07) is 45.6. The summed E-state index contributed by atoms with van der Waals surface area (Å²) in [6.07, 6.45) is 8.66. The van der Waals surface area contributed by atoms with Crippen LogP contribution in [0.3, 0.4) is 0 Å². The van der Waals surface area contributed by atoms with E-state index in [4.69, 9.17) is 9.15 Å². The number of furan rings is 1. The molecule has 2 aromatic heterocycles. The van der Waals surface area contributed by atoms with Gasteiger partial charge in [0.05, 0.1) is 16.7 Å². The zero-order chi connectivity index (χ0) is 29.5. The maximum atomic E-state index is 6.79. The Balaban J connectivity index is 1.21. The van der Waals surface area contributed by atoms with Crippen molar-refractivity contribution in [3.05, 3.63) is 157 Å². The number of allylic oxidation sites excluding steroid dienone is 2. The number of ether oxygens (including phenoxy) is 1. The highest BCUT2D eigenvalue weighted by atomic mass is 16.5. The summed E-state index contributed by atoms with van der Waals surface area (Å²) in [5.41, 5.74) is 11.1. The number of hydrogen-bond acceptors (Lipinski definition) is 2. The molecule has 3 nitrogen and oxygen atoms in total. The quantitative estimate of drug-likeness (QED) is 0.209. The Morgan fingerprint density at radius 3 is 2.31 bits per heavy atom. The summed E-state index contributed by atoms with van der Waals surface area (Å²) in [7, 11) is 0. The second-order valence-electron chi connectivity index (χ2n) is 12.0. The largest absolute Gasteiger partial charge is 0.485 e. The molecule has 8 aromatic rings. The summed E-state index contributed by atoms with van der Waals surface area (Å²) < 4.78 is 15.4. The maximum Gasteiger partial charge on any atom is 0.159 e. The first kappa shape index (κ1) is 24.6. The van der Waals surface area contributed by atoms with E-state index in [1.54, 1.807) is 0 Å². The Bertz CT molecular complexity index is 2530. The van der Waals surface area contributed by atoms with Gasteiger partial charge in [0.1, 0.15) is 17.4 Å². The van der Waals surface area contributed by atoms with E-state index in [2.05, 4.69) is 156 Å². The van der Waals surface area contributed by atoms with Crippen molar-refractivity contribution in [2.24, 2.45) is 0 Å². The molecule has 2 aliphatic rings. The number of hydrogen-bond donors (Lipinski definition) is 0. The smallest absolute Gasteiger partial charge is 0.159 e. The van der Waals surface area contributed by atoms with E-state index in [1.165, 1.54) is 38.6 Å². The predicted octanol–water partition coefficient (Wildman–Crippen LogP) is 11.0. The summed E-state index contributed by atoms with van der Waals surface area (Å²) in [6.45, 7) is 0. The molecule has 0 radical (unpaired) electrons. The van der Waals surface area contributed by atoms with Crippen LogP contribution in [0.2, 0.25) is 0 Å². The monoisotopic (exact) mass is 577 g/mol. The number of fused-ring (bicyclic) bond motifs is 9. The van der Waals surface area contributed by atoms with Crippen molar-refractivity contribution in [2.75, 3.05) is 0 Å². The first-order valence-corrected chi connectivity index (χ1v) is 15.5. The standard InChI is InChI=1S/C42H27NO2/c1-2-10-26(11-3-1)27-20-22-31-30-12-4-6-16-35(30)43(37(31)25-27)36-17-8-15-33-41-29(14-9-19-40(41)45-42(33)36)28-21-23-39-34(24-28)32-13-5-7-18-38(32)44-39/h1-25,32,38H. The van der Waals surface area contributed by atoms with Crippen molar-refractivity contribution in [1.82, 2.24) is 4.57 Å². The third-order valence-electron chi connectivity index (χ3n) is 9.55. The van der Waals surface area contributed by atoms with Gasteiger partial charge >= 0.3 is 0 Å². The first-order chi connectivity index (χ1) is 22.3. The predicted molar refractivity (Wildman–Crippen MR) is 184 cm³/mol. The zero-order valence-corrected chi connectivity index (χ0v) is 24.4. The molecule has 6 aromatic carbocycles. The number of rotatable bonds is 3. The minimum absolute atomic E-state index is 0.0713. The highest BCUT2D eigenvalue weighted by molar-refractivity contribution is 6.16. The van der Waals surface area contributed by atoms with Gasteiger partial charge < -0.3 is 13.7 Å². The Kier molecular flexibility index (Phi) is 5.11. The fourth-order valence-corrected chi connectivity index (χ4v) is 7.50. The van der Waals surface area contributed by atoms with Crippen LogP contribution in [0.25, 0.3) is 71.7 Å². The molecule has 1 aliphatic heterocycles. The molecule has 0 spiro atoms. The van der Waals surface area contributed by atoms with Crippen LogP contribution in [0.15, 0.2) is 156 Å². The van der Waals surface area contributed by atoms with Crippen LogP contribution >= 0.6 is 0 Å². The summed E-state index contributed by atoms with van der Waals surface area (Å²) in [4.78, 5) is 0. The van der Waals surface area contributed by atoms with Gasteiger partial charge in [-0.1, -0.05) is 109 Å². The molecule has 212 valence electrons. The normalized spacial score (nSPS) is 16.9. The van der Waals surface area contributed by atoms with Crippen LogP contribution in [-0.2, 0) is 0 Å². The average Bonchev–Trinajstić information content (AvgIpc) is 3.77. The molecule has 45 heavy (non-hydrogen) atoms. The molecule has 0 saturated heterocycles. The van der Waals surface area contributed by atoms with Gasteiger partial charge in [0.25, 0.3) is 0 Å². The molecule has 3 heterocycles. The SMILES string of the molecule is C1=CC2Oc3ccc(-c4cccc5oc6c(-n7c8ccccc8c8ccc(-c9ccccc9)cc87)cccc6c45)cc3C2C=C1.